The van der Waals surface area contributed by atoms with Crippen molar-refractivity contribution in [3.8, 4) is 0 Å². The number of halogens is 2. The highest BCUT2D eigenvalue weighted by Gasteiger charge is 2.34. The van der Waals surface area contributed by atoms with Crippen molar-refractivity contribution >= 4 is 37.6 Å². The van der Waals surface area contributed by atoms with Gasteiger partial charge in [-0.2, -0.15) is 0 Å². The first-order valence-electron chi connectivity index (χ1n) is 5.35. The minimum atomic E-state index is -1.33. The number of hydrogen-bond donors (Lipinski definition) is 1. The van der Waals surface area contributed by atoms with E-state index in [0.29, 0.717) is 0 Å². The van der Waals surface area contributed by atoms with E-state index in [-0.39, 0.29) is 10.6 Å². The Morgan fingerprint density at radius 3 is 2.41 bits per heavy atom. The number of aryl methyl sites for hydroxylation is 1. The zero-order valence-corrected chi connectivity index (χ0v) is 13.2. The molecule has 0 aliphatic carbocycles. The van der Waals surface area contributed by atoms with Gasteiger partial charge in [0.25, 0.3) is 0 Å². The topological polar surface area (TPSA) is 37.3 Å². The van der Waals surface area contributed by atoms with Crippen molar-refractivity contribution in [2.45, 2.75) is 36.0 Å². The average molecular weight is 364 g/mol. The Balaban J connectivity index is 2.91. The molecule has 2 unspecified atom stereocenters. The van der Waals surface area contributed by atoms with E-state index >= 15 is 0 Å². The normalized spacial score (nSPS) is 15.4. The third kappa shape index (κ3) is 3.90. The number of benzene rings is 1. The molecule has 0 saturated carbocycles. The molecule has 0 fully saturated rings. The van der Waals surface area contributed by atoms with Gasteiger partial charge in [0.15, 0.2) is 5.78 Å². The quantitative estimate of drug-likeness (QED) is 0.831. The zero-order chi connectivity index (χ0) is 13.2. The van der Waals surface area contributed by atoms with Crippen molar-refractivity contribution in [2.24, 2.45) is 0 Å². The van der Waals surface area contributed by atoms with Gasteiger partial charge in [-0.3, -0.25) is 4.79 Å². The summed E-state index contributed by atoms with van der Waals surface area (Å²) < 4.78 is 0. The van der Waals surface area contributed by atoms with E-state index in [4.69, 9.17) is 0 Å². The fraction of sp³-hybridized carbons (Fsp3) is 0.462. The number of carbonyl (C=O) groups is 1. The number of aliphatic hydroxyl groups is 1. The minimum Gasteiger partial charge on any atom is -0.383 e. The lowest BCUT2D eigenvalue weighted by Gasteiger charge is -2.23. The standard InChI is InChI=1S/C13H16Br2O2/c1-8-5-4-6-9(7-8)10(14)11(15)12(16)13(2,3)17/h4-7,10-11,17H,1-3H3. The first-order valence-corrected chi connectivity index (χ1v) is 7.18. The van der Waals surface area contributed by atoms with E-state index in [1.807, 2.05) is 31.2 Å². The van der Waals surface area contributed by atoms with Crippen LogP contribution in [-0.4, -0.2) is 21.3 Å². The Hall–Kier alpha value is -0.190. The molecule has 1 aromatic carbocycles. The second-order valence-electron chi connectivity index (χ2n) is 4.64. The largest absolute Gasteiger partial charge is 0.383 e. The molecule has 0 aliphatic rings. The molecule has 0 radical (unpaired) electrons. The van der Waals surface area contributed by atoms with Gasteiger partial charge in [-0.1, -0.05) is 61.7 Å². The van der Waals surface area contributed by atoms with Crippen LogP contribution in [0.1, 0.15) is 29.8 Å². The highest BCUT2D eigenvalue weighted by atomic mass is 79.9. The molecule has 17 heavy (non-hydrogen) atoms. The minimum absolute atomic E-state index is 0.152. The molecule has 0 spiro atoms. The smallest absolute Gasteiger partial charge is 0.178 e. The lowest BCUT2D eigenvalue weighted by Crippen LogP contribution is -2.38. The van der Waals surface area contributed by atoms with E-state index in [1.54, 1.807) is 0 Å². The second-order valence-corrected chi connectivity index (χ2v) is 6.61. The maximum atomic E-state index is 11.9. The zero-order valence-electron chi connectivity index (χ0n) is 10.1. The monoisotopic (exact) mass is 362 g/mol. The molecular formula is C13H16Br2O2. The molecule has 1 rings (SSSR count). The van der Waals surface area contributed by atoms with Crippen molar-refractivity contribution in [1.82, 2.24) is 0 Å². The summed E-state index contributed by atoms with van der Waals surface area (Å²) >= 11 is 6.85. The molecule has 0 saturated heterocycles. The van der Waals surface area contributed by atoms with Gasteiger partial charge in [0.1, 0.15) is 5.60 Å². The highest BCUT2D eigenvalue weighted by molar-refractivity contribution is 9.12. The molecule has 0 bridgehead atoms. The van der Waals surface area contributed by atoms with Crippen LogP contribution in [0.4, 0.5) is 0 Å². The number of alkyl halides is 2. The SMILES string of the molecule is Cc1cccc(C(Br)C(Br)C(=O)C(C)(C)O)c1. The molecule has 94 valence electrons. The fourth-order valence-corrected chi connectivity index (χ4v) is 2.87. The first-order chi connectivity index (χ1) is 7.73. The third-order valence-electron chi connectivity index (χ3n) is 2.47. The predicted molar refractivity (Wildman–Crippen MR) is 76.9 cm³/mol. The van der Waals surface area contributed by atoms with Crippen molar-refractivity contribution in [1.29, 1.82) is 0 Å². The molecular weight excluding hydrogens is 348 g/mol. The van der Waals surface area contributed by atoms with Crippen LogP contribution < -0.4 is 0 Å². The summed E-state index contributed by atoms with van der Waals surface area (Å²) in [5, 5.41) is 9.71. The lowest BCUT2D eigenvalue weighted by molar-refractivity contribution is -0.133. The van der Waals surface area contributed by atoms with E-state index in [0.717, 1.165) is 11.1 Å². The molecule has 0 amide bonds. The summed E-state index contributed by atoms with van der Waals surface area (Å²) in [6, 6.07) is 7.93. The Labute approximate surface area is 119 Å². The molecule has 0 heterocycles. The molecule has 1 N–H and O–H groups in total. The van der Waals surface area contributed by atoms with Crippen molar-refractivity contribution in [3.63, 3.8) is 0 Å². The van der Waals surface area contributed by atoms with Crippen LogP contribution in [0.2, 0.25) is 0 Å². The van der Waals surface area contributed by atoms with Gasteiger partial charge in [0.05, 0.1) is 9.65 Å². The Morgan fingerprint density at radius 2 is 1.94 bits per heavy atom. The maximum Gasteiger partial charge on any atom is 0.178 e. The summed E-state index contributed by atoms with van der Waals surface area (Å²) in [4.78, 5) is 11.3. The van der Waals surface area contributed by atoms with E-state index in [9.17, 15) is 9.90 Å². The average Bonchev–Trinajstić information content (AvgIpc) is 2.25. The first kappa shape index (κ1) is 14.9. The lowest BCUT2D eigenvalue weighted by atomic mass is 9.96. The predicted octanol–water partition coefficient (Wildman–Crippen LogP) is 3.53. The molecule has 0 aliphatic heterocycles. The van der Waals surface area contributed by atoms with Crippen LogP contribution in [0.3, 0.4) is 0 Å². The van der Waals surface area contributed by atoms with Gasteiger partial charge in [0, 0.05) is 0 Å². The van der Waals surface area contributed by atoms with Crippen LogP contribution in [0.25, 0.3) is 0 Å². The van der Waals surface area contributed by atoms with Crippen molar-refractivity contribution < 1.29 is 9.90 Å². The van der Waals surface area contributed by atoms with E-state index < -0.39 is 10.4 Å². The molecule has 4 heteroatoms. The number of carbonyl (C=O) groups excluding carboxylic acids is 1. The van der Waals surface area contributed by atoms with Gasteiger partial charge < -0.3 is 5.11 Å². The van der Waals surface area contributed by atoms with Gasteiger partial charge in [-0.25, -0.2) is 0 Å². The van der Waals surface area contributed by atoms with Crippen molar-refractivity contribution in [2.75, 3.05) is 0 Å². The van der Waals surface area contributed by atoms with Crippen LogP contribution >= 0.6 is 31.9 Å². The van der Waals surface area contributed by atoms with Gasteiger partial charge >= 0.3 is 0 Å². The van der Waals surface area contributed by atoms with Crippen LogP contribution in [-0.2, 0) is 4.79 Å². The summed E-state index contributed by atoms with van der Waals surface area (Å²) in [6.07, 6.45) is 0. The number of rotatable bonds is 4. The Bertz CT molecular complexity index is 410. The van der Waals surface area contributed by atoms with Crippen molar-refractivity contribution in [3.05, 3.63) is 35.4 Å². The summed E-state index contributed by atoms with van der Waals surface area (Å²) in [5.74, 6) is -0.235. The summed E-state index contributed by atoms with van der Waals surface area (Å²) in [6.45, 7) is 5.00. The summed E-state index contributed by atoms with van der Waals surface area (Å²) in [5.41, 5.74) is 0.830. The van der Waals surface area contributed by atoms with Crippen LogP contribution in [0, 0.1) is 6.92 Å². The van der Waals surface area contributed by atoms with E-state index in [1.165, 1.54) is 13.8 Å². The fourth-order valence-electron chi connectivity index (χ4n) is 1.48. The molecule has 0 aromatic heterocycles. The third-order valence-corrected chi connectivity index (χ3v) is 5.18. The van der Waals surface area contributed by atoms with E-state index in [2.05, 4.69) is 31.9 Å². The number of Topliss-reactive ketones (excluding diaryl/α,β-unsaturated/α-hetero) is 1. The molecule has 2 nitrogen and oxygen atoms in total. The Kier molecular flexibility index (Phi) is 4.93. The van der Waals surface area contributed by atoms with Crippen LogP contribution in [0.15, 0.2) is 24.3 Å². The van der Waals surface area contributed by atoms with Gasteiger partial charge in [-0.05, 0) is 26.3 Å². The molecule has 2 atom stereocenters. The second kappa shape index (κ2) is 5.63. The number of hydrogen-bond acceptors (Lipinski definition) is 2. The maximum absolute atomic E-state index is 11.9. The van der Waals surface area contributed by atoms with Gasteiger partial charge in [0.2, 0.25) is 0 Å². The van der Waals surface area contributed by atoms with Gasteiger partial charge in [-0.15, -0.1) is 0 Å². The molecule has 1 aromatic rings. The Morgan fingerprint density at radius 1 is 1.35 bits per heavy atom. The highest BCUT2D eigenvalue weighted by Crippen LogP contribution is 2.34. The number of ketones is 1. The summed E-state index contributed by atoms with van der Waals surface area (Å²) in [7, 11) is 0. The van der Waals surface area contributed by atoms with Crippen LogP contribution in [0.5, 0.6) is 0 Å².